The molecule has 0 saturated heterocycles. The SMILES string of the molecule is NCCCC[C@H](NC(=O)[C@@H](N)Cc1cnc[nH]1)C(=O)N[C@@H](CS)C(=O)O. The van der Waals surface area contributed by atoms with E-state index in [0.717, 1.165) is 0 Å². The van der Waals surface area contributed by atoms with Crippen LogP contribution in [0.4, 0.5) is 0 Å². The molecule has 0 radical (unpaired) electrons. The summed E-state index contributed by atoms with van der Waals surface area (Å²) in [5.41, 5.74) is 12.0. The number of carboxylic acid groups (broad SMARTS) is 1. The molecule has 0 fully saturated rings. The average molecular weight is 386 g/mol. The summed E-state index contributed by atoms with van der Waals surface area (Å²) in [4.78, 5) is 42.4. The third-order valence-corrected chi connectivity index (χ3v) is 4.07. The third-order valence-electron chi connectivity index (χ3n) is 3.71. The van der Waals surface area contributed by atoms with Crippen LogP contribution in [-0.2, 0) is 20.8 Å². The van der Waals surface area contributed by atoms with Crippen LogP contribution in [0.2, 0.25) is 0 Å². The predicted octanol–water partition coefficient (Wildman–Crippen LogP) is -1.61. The molecule has 0 saturated carbocycles. The van der Waals surface area contributed by atoms with Gasteiger partial charge in [0.1, 0.15) is 12.1 Å². The van der Waals surface area contributed by atoms with Crippen molar-refractivity contribution in [1.29, 1.82) is 0 Å². The second kappa shape index (κ2) is 11.5. The van der Waals surface area contributed by atoms with Gasteiger partial charge in [0.05, 0.1) is 12.4 Å². The molecule has 2 amide bonds. The summed E-state index contributed by atoms with van der Waals surface area (Å²) in [5.74, 6) is -2.36. The minimum absolute atomic E-state index is 0.0656. The zero-order chi connectivity index (χ0) is 19.5. The van der Waals surface area contributed by atoms with Crippen molar-refractivity contribution in [1.82, 2.24) is 20.6 Å². The highest BCUT2D eigenvalue weighted by atomic mass is 32.1. The Bertz CT molecular complexity index is 583. The molecule has 0 aliphatic carbocycles. The summed E-state index contributed by atoms with van der Waals surface area (Å²) < 4.78 is 0. The minimum atomic E-state index is -1.20. The highest BCUT2D eigenvalue weighted by Crippen LogP contribution is 2.04. The Labute approximate surface area is 156 Å². The van der Waals surface area contributed by atoms with Crippen LogP contribution in [-0.4, -0.2) is 63.3 Å². The van der Waals surface area contributed by atoms with E-state index in [0.29, 0.717) is 31.5 Å². The van der Waals surface area contributed by atoms with E-state index in [2.05, 4.69) is 33.2 Å². The molecule has 11 heteroatoms. The van der Waals surface area contributed by atoms with E-state index in [-0.39, 0.29) is 12.2 Å². The number of carboxylic acids is 1. The summed E-state index contributed by atoms with van der Waals surface area (Å²) in [7, 11) is 0. The van der Waals surface area contributed by atoms with E-state index in [1.165, 1.54) is 6.33 Å². The van der Waals surface area contributed by atoms with Gasteiger partial charge in [-0.05, 0) is 25.8 Å². The first kappa shape index (κ1) is 21.9. The predicted molar refractivity (Wildman–Crippen MR) is 98.5 cm³/mol. The number of aromatic nitrogens is 2. The molecule has 8 N–H and O–H groups in total. The molecule has 0 aliphatic heterocycles. The van der Waals surface area contributed by atoms with Gasteiger partial charge in [0.25, 0.3) is 0 Å². The molecule has 0 spiro atoms. The standard InChI is InChI=1S/C15H26N6O4S/c16-4-2-1-3-11(14(23)21-12(7-26)15(24)25)20-13(22)10(17)5-9-6-18-8-19-9/h6,8,10-12,26H,1-5,7,16-17H2,(H,18,19)(H,20,22)(H,21,23)(H,24,25)/t10-,11-,12-/m0/s1. The maximum Gasteiger partial charge on any atom is 0.327 e. The van der Waals surface area contributed by atoms with E-state index in [1.807, 2.05) is 0 Å². The number of imidazole rings is 1. The Hall–Kier alpha value is -2.11. The number of thiol groups is 1. The molecule has 0 unspecified atom stereocenters. The van der Waals surface area contributed by atoms with Crippen LogP contribution in [0.25, 0.3) is 0 Å². The van der Waals surface area contributed by atoms with E-state index < -0.39 is 35.9 Å². The highest BCUT2D eigenvalue weighted by Gasteiger charge is 2.27. The molecule has 1 rings (SSSR count). The maximum atomic E-state index is 12.4. The second-order valence-corrected chi connectivity index (χ2v) is 6.18. The lowest BCUT2D eigenvalue weighted by atomic mass is 10.1. The number of aromatic amines is 1. The molecular formula is C15H26N6O4S. The van der Waals surface area contributed by atoms with Crippen molar-refractivity contribution in [2.24, 2.45) is 11.5 Å². The molecule has 1 aromatic rings. The summed E-state index contributed by atoms with van der Waals surface area (Å²) in [6.45, 7) is 0.454. The first-order valence-corrected chi connectivity index (χ1v) is 8.89. The van der Waals surface area contributed by atoms with Gasteiger partial charge in [-0.2, -0.15) is 12.6 Å². The van der Waals surface area contributed by atoms with Gasteiger partial charge in [-0.3, -0.25) is 9.59 Å². The summed E-state index contributed by atoms with van der Waals surface area (Å²) >= 11 is 3.91. The number of unbranched alkanes of at least 4 members (excludes halogenated alkanes) is 1. The fourth-order valence-electron chi connectivity index (χ4n) is 2.22. The number of H-pyrrole nitrogens is 1. The van der Waals surface area contributed by atoms with Gasteiger partial charge >= 0.3 is 5.97 Å². The fourth-order valence-corrected chi connectivity index (χ4v) is 2.47. The van der Waals surface area contributed by atoms with Gasteiger partial charge in [-0.25, -0.2) is 9.78 Å². The van der Waals surface area contributed by atoms with E-state index in [9.17, 15) is 14.4 Å². The van der Waals surface area contributed by atoms with Gasteiger partial charge in [0.2, 0.25) is 11.8 Å². The van der Waals surface area contributed by atoms with Crippen LogP contribution < -0.4 is 22.1 Å². The normalized spacial score (nSPS) is 14.3. The molecule has 0 aromatic carbocycles. The summed E-state index contributed by atoms with van der Waals surface area (Å²) in [6.07, 6.45) is 4.87. The second-order valence-electron chi connectivity index (χ2n) is 5.82. The molecular weight excluding hydrogens is 360 g/mol. The number of carbonyl (C=O) groups is 3. The lowest BCUT2D eigenvalue weighted by Gasteiger charge is -2.22. The van der Waals surface area contributed by atoms with Gasteiger partial charge in [0.15, 0.2) is 0 Å². The minimum Gasteiger partial charge on any atom is -0.480 e. The number of nitrogens with two attached hydrogens (primary N) is 2. The zero-order valence-corrected chi connectivity index (χ0v) is 15.2. The topological polar surface area (TPSA) is 176 Å². The van der Waals surface area contributed by atoms with Crippen LogP contribution in [0.5, 0.6) is 0 Å². The monoisotopic (exact) mass is 386 g/mol. The van der Waals surface area contributed by atoms with Crippen LogP contribution in [0, 0.1) is 0 Å². The Morgan fingerprint density at radius 3 is 2.46 bits per heavy atom. The molecule has 1 heterocycles. The van der Waals surface area contributed by atoms with Gasteiger partial charge in [-0.15, -0.1) is 0 Å². The molecule has 146 valence electrons. The van der Waals surface area contributed by atoms with Crippen LogP contribution >= 0.6 is 12.6 Å². The Kier molecular flexibility index (Phi) is 9.70. The molecule has 1 aromatic heterocycles. The number of aliphatic carboxylic acids is 1. The van der Waals surface area contributed by atoms with Crippen molar-refractivity contribution in [3.05, 3.63) is 18.2 Å². The summed E-state index contributed by atoms with van der Waals surface area (Å²) in [6, 6.07) is -2.91. The lowest BCUT2D eigenvalue weighted by molar-refractivity contribution is -0.141. The first-order valence-electron chi connectivity index (χ1n) is 8.26. The molecule has 0 bridgehead atoms. The van der Waals surface area contributed by atoms with Crippen LogP contribution in [0.3, 0.4) is 0 Å². The van der Waals surface area contributed by atoms with Gasteiger partial charge in [-0.1, -0.05) is 0 Å². The van der Waals surface area contributed by atoms with Crippen LogP contribution in [0.1, 0.15) is 25.0 Å². The maximum absolute atomic E-state index is 12.4. The molecule has 0 aliphatic rings. The van der Waals surface area contributed by atoms with Crippen molar-refractivity contribution < 1.29 is 19.5 Å². The van der Waals surface area contributed by atoms with E-state index >= 15 is 0 Å². The van der Waals surface area contributed by atoms with Crippen molar-refractivity contribution in [2.45, 2.75) is 43.8 Å². The fraction of sp³-hybridized carbons (Fsp3) is 0.600. The number of nitrogens with one attached hydrogen (secondary N) is 3. The van der Waals surface area contributed by atoms with Crippen molar-refractivity contribution in [2.75, 3.05) is 12.3 Å². The Morgan fingerprint density at radius 1 is 1.23 bits per heavy atom. The Balaban J connectivity index is 2.69. The zero-order valence-electron chi connectivity index (χ0n) is 14.4. The van der Waals surface area contributed by atoms with Gasteiger partial charge in [0, 0.05) is 24.1 Å². The van der Waals surface area contributed by atoms with E-state index in [1.54, 1.807) is 6.20 Å². The molecule has 10 nitrogen and oxygen atoms in total. The van der Waals surface area contributed by atoms with Crippen molar-refractivity contribution >= 4 is 30.4 Å². The smallest absolute Gasteiger partial charge is 0.327 e. The quantitative estimate of drug-likeness (QED) is 0.167. The third kappa shape index (κ3) is 7.42. The Morgan fingerprint density at radius 2 is 1.92 bits per heavy atom. The molecule has 3 atom stereocenters. The van der Waals surface area contributed by atoms with E-state index in [4.69, 9.17) is 16.6 Å². The number of nitrogens with zero attached hydrogens (tertiary/aromatic N) is 1. The number of carbonyl (C=O) groups excluding carboxylic acids is 2. The number of hydrogen-bond donors (Lipinski definition) is 7. The van der Waals surface area contributed by atoms with Crippen molar-refractivity contribution in [3.8, 4) is 0 Å². The first-order chi connectivity index (χ1) is 12.4. The van der Waals surface area contributed by atoms with Gasteiger partial charge < -0.3 is 32.2 Å². The average Bonchev–Trinajstić information content (AvgIpc) is 3.11. The van der Waals surface area contributed by atoms with Crippen molar-refractivity contribution in [3.63, 3.8) is 0 Å². The highest BCUT2D eigenvalue weighted by molar-refractivity contribution is 7.80. The largest absolute Gasteiger partial charge is 0.480 e. The molecule has 26 heavy (non-hydrogen) atoms. The number of amides is 2. The lowest BCUT2D eigenvalue weighted by Crippen LogP contribution is -2.55. The van der Waals surface area contributed by atoms with Crippen LogP contribution in [0.15, 0.2) is 12.5 Å². The number of rotatable bonds is 12. The number of hydrogen-bond acceptors (Lipinski definition) is 7. The summed E-state index contributed by atoms with van der Waals surface area (Å²) in [5, 5.41) is 14.0.